The second-order valence-electron chi connectivity index (χ2n) is 8.25. The van der Waals surface area contributed by atoms with Crippen LogP contribution >= 0.6 is 0 Å². The van der Waals surface area contributed by atoms with E-state index in [1.165, 1.54) is 11.6 Å². The monoisotopic (exact) mass is 423 g/mol. The van der Waals surface area contributed by atoms with Crippen LogP contribution < -0.4 is 4.72 Å². The molecule has 29 heavy (non-hydrogen) atoms. The Hall–Kier alpha value is -1.57. The molecular weight excluding hydrogens is 390 g/mol. The van der Waals surface area contributed by atoms with E-state index in [9.17, 15) is 18.6 Å². The van der Waals surface area contributed by atoms with Gasteiger partial charge in [0, 0.05) is 24.6 Å². The molecular formula is C22H33NO5S. The number of aryl methyl sites for hydroxylation is 1. The minimum Gasteiger partial charge on any atom is -0.507 e. The molecule has 3 rings (SSSR count). The first-order valence-corrected chi connectivity index (χ1v) is 12.2. The van der Waals surface area contributed by atoms with Gasteiger partial charge in [0.2, 0.25) is 10.0 Å². The van der Waals surface area contributed by atoms with Crippen molar-refractivity contribution in [2.45, 2.75) is 82.1 Å². The summed E-state index contributed by atoms with van der Waals surface area (Å²) in [4.78, 5) is -0.0858. The van der Waals surface area contributed by atoms with Crippen LogP contribution in [0, 0.1) is 0 Å². The molecule has 1 saturated heterocycles. The summed E-state index contributed by atoms with van der Waals surface area (Å²) in [6.07, 6.45) is 8.69. The third kappa shape index (κ3) is 5.13. The van der Waals surface area contributed by atoms with Gasteiger partial charge in [0.15, 0.2) is 0 Å². The molecule has 0 bridgehead atoms. The number of nitrogens with one attached hydrogen (secondary N) is 1. The van der Waals surface area contributed by atoms with Crippen molar-refractivity contribution in [3.8, 4) is 11.5 Å². The van der Waals surface area contributed by atoms with Crippen molar-refractivity contribution < 1.29 is 23.4 Å². The van der Waals surface area contributed by atoms with E-state index in [4.69, 9.17) is 4.74 Å². The van der Waals surface area contributed by atoms with Crippen molar-refractivity contribution in [2.24, 2.45) is 0 Å². The largest absolute Gasteiger partial charge is 0.507 e. The van der Waals surface area contributed by atoms with Gasteiger partial charge in [-0.25, -0.2) is 13.1 Å². The van der Waals surface area contributed by atoms with Gasteiger partial charge < -0.3 is 14.9 Å². The van der Waals surface area contributed by atoms with Crippen molar-refractivity contribution in [3.63, 3.8) is 0 Å². The standard InChI is InChI=1S/C22H33NO5S/c1-3-4-5-8-17-13-19(24)20(16-9-6-7-15(2)12-16)21(25)22(17)29(26,27)23-14-18-10-11-28-18/h12-13,16,18,23-25H,3-11,14H2,1-2H3. The van der Waals surface area contributed by atoms with Crippen LogP contribution in [0.4, 0.5) is 0 Å². The number of aromatic hydroxyl groups is 2. The molecule has 2 atom stereocenters. The fraction of sp³-hybridized carbons (Fsp3) is 0.636. The fourth-order valence-electron chi connectivity index (χ4n) is 4.18. The maximum Gasteiger partial charge on any atom is 0.244 e. The van der Waals surface area contributed by atoms with Crippen LogP contribution in [0.15, 0.2) is 22.6 Å². The summed E-state index contributed by atoms with van der Waals surface area (Å²) in [5, 5.41) is 21.8. The topological polar surface area (TPSA) is 95.9 Å². The van der Waals surface area contributed by atoms with Crippen molar-refractivity contribution in [2.75, 3.05) is 13.2 Å². The van der Waals surface area contributed by atoms with E-state index >= 15 is 0 Å². The highest BCUT2D eigenvalue weighted by Crippen LogP contribution is 2.45. The van der Waals surface area contributed by atoms with Gasteiger partial charge in [0.25, 0.3) is 0 Å². The Kier molecular flexibility index (Phi) is 7.24. The second-order valence-corrected chi connectivity index (χ2v) is 9.95. The highest BCUT2D eigenvalue weighted by molar-refractivity contribution is 7.89. The molecule has 1 aliphatic heterocycles. The number of phenolic OH excluding ortho intramolecular Hbond substituents is 2. The normalized spacial score (nSPS) is 22.2. The molecule has 6 nitrogen and oxygen atoms in total. The number of rotatable bonds is 9. The van der Waals surface area contributed by atoms with Crippen molar-refractivity contribution in [1.29, 1.82) is 0 Å². The maximum atomic E-state index is 13.1. The van der Waals surface area contributed by atoms with Gasteiger partial charge in [0.05, 0.1) is 6.10 Å². The van der Waals surface area contributed by atoms with Crippen molar-refractivity contribution in [3.05, 3.63) is 28.8 Å². The van der Waals surface area contributed by atoms with Gasteiger partial charge in [-0.15, -0.1) is 0 Å². The Morgan fingerprint density at radius 2 is 2.00 bits per heavy atom. The lowest BCUT2D eigenvalue weighted by Gasteiger charge is -2.27. The van der Waals surface area contributed by atoms with Crippen LogP contribution in [0.3, 0.4) is 0 Å². The molecule has 2 aliphatic rings. The summed E-state index contributed by atoms with van der Waals surface area (Å²) in [6, 6.07) is 1.54. The number of sulfonamides is 1. The Bertz CT molecular complexity index is 858. The first-order valence-electron chi connectivity index (χ1n) is 10.7. The molecule has 2 unspecified atom stereocenters. The van der Waals surface area contributed by atoms with Crippen molar-refractivity contribution in [1.82, 2.24) is 4.72 Å². The van der Waals surface area contributed by atoms with E-state index in [0.717, 1.165) is 44.9 Å². The SMILES string of the molecule is CCCCCc1cc(O)c(C2C=C(C)CCC2)c(O)c1S(=O)(=O)NCC1CCO1. The van der Waals surface area contributed by atoms with Crippen LogP contribution in [-0.4, -0.2) is 37.9 Å². The average Bonchev–Trinajstić information content (AvgIpc) is 2.60. The number of phenols is 2. The fourth-order valence-corrected chi connectivity index (χ4v) is 5.60. The van der Waals surface area contributed by atoms with Crippen LogP contribution in [-0.2, 0) is 21.2 Å². The third-order valence-corrected chi connectivity index (χ3v) is 7.44. The second kappa shape index (κ2) is 9.49. The summed E-state index contributed by atoms with van der Waals surface area (Å²) < 4.78 is 34.2. The number of hydrogen-bond acceptors (Lipinski definition) is 5. The average molecular weight is 424 g/mol. The van der Waals surface area contributed by atoms with E-state index in [1.807, 2.05) is 13.0 Å². The highest BCUT2D eigenvalue weighted by atomic mass is 32.2. The molecule has 1 fully saturated rings. The summed E-state index contributed by atoms with van der Waals surface area (Å²) in [5.41, 5.74) is 1.98. The first-order chi connectivity index (χ1) is 13.8. The van der Waals surface area contributed by atoms with Gasteiger partial charge in [0.1, 0.15) is 16.4 Å². The summed E-state index contributed by atoms with van der Waals surface area (Å²) in [7, 11) is -3.93. The highest BCUT2D eigenvalue weighted by Gasteiger charge is 2.31. The predicted octanol–water partition coefficient (Wildman–Crippen LogP) is 4.11. The van der Waals surface area contributed by atoms with Crippen LogP contribution in [0.2, 0.25) is 0 Å². The van der Waals surface area contributed by atoms with E-state index in [0.29, 0.717) is 24.2 Å². The Morgan fingerprint density at radius 1 is 1.24 bits per heavy atom. The van der Waals surface area contributed by atoms with Crippen molar-refractivity contribution >= 4 is 10.0 Å². The zero-order valence-corrected chi connectivity index (χ0v) is 18.2. The predicted molar refractivity (Wildman–Crippen MR) is 113 cm³/mol. The van der Waals surface area contributed by atoms with E-state index in [-0.39, 0.29) is 35.0 Å². The lowest BCUT2D eigenvalue weighted by molar-refractivity contribution is -0.0455. The molecule has 0 radical (unpaired) electrons. The lowest BCUT2D eigenvalue weighted by Crippen LogP contribution is -2.39. The molecule has 1 heterocycles. The molecule has 3 N–H and O–H groups in total. The Labute approximate surface area is 174 Å². The number of ether oxygens (including phenoxy) is 1. The zero-order valence-electron chi connectivity index (χ0n) is 17.4. The van der Waals surface area contributed by atoms with Gasteiger partial charge in [-0.3, -0.25) is 0 Å². The molecule has 0 saturated carbocycles. The molecule has 1 aliphatic carbocycles. The molecule has 162 valence electrons. The lowest BCUT2D eigenvalue weighted by atomic mass is 9.84. The summed E-state index contributed by atoms with van der Waals surface area (Å²) >= 11 is 0. The minimum atomic E-state index is -3.93. The Morgan fingerprint density at radius 3 is 2.62 bits per heavy atom. The van der Waals surface area contributed by atoms with E-state index in [1.54, 1.807) is 0 Å². The summed E-state index contributed by atoms with van der Waals surface area (Å²) in [6.45, 7) is 4.94. The molecule has 0 amide bonds. The molecule has 0 aromatic heterocycles. The van der Waals surface area contributed by atoms with Gasteiger partial charge in [-0.05, 0) is 57.1 Å². The van der Waals surface area contributed by atoms with Gasteiger partial charge in [-0.2, -0.15) is 0 Å². The number of benzene rings is 1. The molecule has 7 heteroatoms. The first kappa shape index (κ1) is 22.1. The number of hydrogen-bond donors (Lipinski definition) is 3. The quantitative estimate of drug-likeness (QED) is 0.410. The Balaban J connectivity index is 2.01. The molecule has 0 spiro atoms. The molecule has 1 aromatic rings. The van der Waals surface area contributed by atoms with Crippen LogP contribution in [0.25, 0.3) is 0 Å². The molecule has 1 aromatic carbocycles. The zero-order chi connectivity index (χ0) is 21.0. The number of unbranched alkanes of at least 4 members (excludes halogenated alkanes) is 2. The van der Waals surface area contributed by atoms with E-state index < -0.39 is 10.0 Å². The van der Waals surface area contributed by atoms with Gasteiger partial charge in [-0.1, -0.05) is 31.4 Å². The third-order valence-electron chi connectivity index (χ3n) is 5.90. The van der Waals surface area contributed by atoms with E-state index in [2.05, 4.69) is 11.6 Å². The smallest absolute Gasteiger partial charge is 0.244 e. The van der Waals surface area contributed by atoms with Crippen LogP contribution in [0.1, 0.15) is 75.8 Å². The maximum absolute atomic E-state index is 13.1. The summed E-state index contributed by atoms with van der Waals surface area (Å²) in [5.74, 6) is -0.516. The number of allylic oxidation sites excluding steroid dienone is 2. The van der Waals surface area contributed by atoms with Gasteiger partial charge >= 0.3 is 0 Å². The van der Waals surface area contributed by atoms with Crippen LogP contribution in [0.5, 0.6) is 11.5 Å². The minimum absolute atomic E-state index is 0.0220.